The lowest BCUT2D eigenvalue weighted by atomic mass is 10.0. The van der Waals surface area contributed by atoms with Crippen LogP contribution in [0.2, 0.25) is 0 Å². The van der Waals surface area contributed by atoms with Crippen molar-refractivity contribution in [1.29, 1.82) is 0 Å². The van der Waals surface area contributed by atoms with E-state index in [2.05, 4.69) is 21.8 Å². The van der Waals surface area contributed by atoms with Crippen molar-refractivity contribution in [2.24, 2.45) is 0 Å². The van der Waals surface area contributed by atoms with Gasteiger partial charge >= 0.3 is 0 Å². The van der Waals surface area contributed by atoms with Crippen molar-refractivity contribution in [3.8, 4) is 0 Å². The van der Waals surface area contributed by atoms with Gasteiger partial charge in [-0.3, -0.25) is 4.79 Å². The molecule has 0 atom stereocenters. The van der Waals surface area contributed by atoms with Crippen molar-refractivity contribution >= 4 is 17.4 Å². The number of piperidine rings is 1. The molecule has 1 amide bonds. The first-order valence-electron chi connectivity index (χ1n) is 6.11. The van der Waals surface area contributed by atoms with Crippen LogP contribution in [0.4, 0.5) is 0 Å². The zero-order chi connectivity index (χ0) is 12.1. The van der Waals surface area contributed by atoms with Gasteiger partial charge in [0.2, 0.25) is 0 Å². The van der Waals surface area contributed by atoms with Crippen molar-refractivity contribution in [2.75, 3.05) is 19.6 Å². The van der Waals surface area contributed by atoms with Gasteiger partial charge in [0.05, 0.1) is 0 Å². The van der Waals surface area contributed by atoms with Crippen LogP contribution < -0.4 is 5.32 Å². The predicted octanol–water partition coefficient (Wildman–Crippen LogP) is 1.14. The van der Waals surface area contributed by atoms with E-state index in [9.17, 15) is 4.79 Å². The molecular weight excluding hydrogens is 236 g/mol. The number of hydrogen-bond acceptors (Lipinski definition) is 5. The summed E-state index contributed by atoms with van der Waals surface area (Å²) in [6.45, 7) is 4.89. The van der Waals surface area contributed by atoms with Gasteiger partial charge in [-0.15, -0.1) is 5.10 Å². The summed E-state index contributed by atoms with van der Waals surface area (Å²) in [6, 6.07) is 0.352. The Morgan fingerprint density at radius 2 is 2.35 bits per heavy atom. The fourth-order valence-electron chi connectivity index (χ4n) is 2.21. The van der Waals surface area contributed by atoms with Gasteiger partial charge in [0, 0.05) is 18.0 Å². The van der Waals surface area contributed by atoms with Gasteiger partial charge in [0.1, 0.15) is 0 Å². The summed E-state index contributed by atoms with van der Waals surface area (Å²) in [7, 11) is 0. The van der Waals surface area contributed by atoms with E-state index in [-0.39, 0.29) is 5.91 Å². The third-order valence-corrected chi connectivity index (χ3v) is 3.56. The van der Waals surface area contributed by atoms with E-state index in [1.165, 1.54) is 11.5 Å². The summed E-state index contributed by atoms with van der Waals surface area (Å²) in [6.07, 6.45) is 3.04. The highest BCUT2D eigenvalue weighted by Gasteiger charge is 2.26. The number of hydrogen-bond donors (Lipinski definition) is 1. The van der Waals surface area contributed by atoms with Crippen molar-refractivity contribution in [3.63, 3.8) is 0 Å². The quantitative estimate of drug-likeness (QED) is 0.875. The Hall–Kier alpha value is -1.01. The van der Waals surface area contributed by atoms with Gasteiger partial charge in [-0.05, 0) is 43.9 Å². The fraction of sp³-hybridized carbons (Fsp3) is 0.727. The van der Waals surface area contributed by atoms with Gasteiger partial charge in [-0.1, -0.05) is 11.4 Å². The molecule has 0 saturated carbocycles. The number of nitrogens with one attached hydrogen (secondary N) is 1. The van der Waals surface area contributed by atoms with E-state index >= 15 is 0 Å². The van der Waals surface area contributed by atoms with Crippen molar-refractivity contribution in [1.82, 2.24) is 19.8 Å². The third-order valence-electron chi connectivity index (χ3n) is 3.05. The zero-order valence-corrected chi connectivity index (χ0v) is 10.9. The highest BCUT2D eigenvalue weighted by molar-refractivity contribution is 7.03. The van der Waals surface area contributed by atoms with Crippen molar-refractivity contribution in [3.05, 3.63) is 11.1 Å². The smallest absolute Gasteiger partial charge is 0.275 e. The van der Waals surface area contributed by atoms with Crippen LogP contribution in [0, 0.1) is 0 Å². The lowest BCUT2D eigenvalue weighted by Gasteiger charge is -2.34. The first-order chi connectivity index (χ1) is 8.33. The fourth-order valence-corrected chi connectivity index (χ4v) is 2.64. The molecule has 0 bridgehead atoms. The second-order valence-corrected chi connectivity index (χ2v) is 4.88. The lowest BCUT2D eigenvalue weighted by Crippen LogP contribution is -2.46. The molecule has 1 aromatic rings. The van der Waals surface area contributed by atoms with Crippen LogP contribution in [0.5, 0.6) is 0 Å². The highest BCUT2D eigenvalue weighted by Crippen LogP contribution is 2.15. The van der Waals surface area contributed by atoms with Gasteiger partial charge in [-0.2, -0.15) is 0 Å². The molecule has 2 rings (SSSR count). The summed E-state index contributed by atoms with van der Waals surface area (Å²) in [5.41, 5.74) is 0.488. The molecule has 0 spiro atoms. The van der Waals surface area contributed by atoms with E-state index < -0.39 is 0 Å². The summed E-state index contributed by atoms with van der Waals surface area (Å²) in [5, 5.41) is 8.93. The van der Waals surface area contributed by atoms with E-state index in [4.69, 9.17) is 0 Å². The normalized spacial score (nSPS) is 17.0. The van der Waals surface area contributed by atoms with Crippen LogP contribution >= 0.6 is 11.5 Å². The third kappa shape index (κ3) is 3.01. The lowest BCUT2D eigenvalue weighted by molar-refractivity contribution is 0.0636. The number of nitrogens with zero attached hydrogens (tertiary/aromatic N) is 3. The Balaban J connectivity index is 2.07. The van der Waals surface area contributed by atoms with Crippen LogP contribution in [-0.2, 0) is 0 Å². The molecule has 94 valence electrons. The molecule has 1 saturated heterocycles. The number of aromatic nitrogens is 2. The predicted molar refractivity (Wildman–Crippen MR) is 67.1 cm³/mol. The molecule has 1 fully saturated rings. The Bertz CT molecular complexity index is 348. The Labute approximate surface area is 105 Å². The average molecular weight is 254 g/mol. The average Bonchev–Trinajstić information content (AvgIpc) is 2.90. The van der Waals surface area contributed by atoms with Gasteiger partial charge in [0.25, 0.3) is 5.91 Å². The van der Waals surface area contributed by atoms with Gasteiger partial charge < -0.3 is 10.2 Å². The maximum absolute atomic E-state index is 12.3. The van der Waals surface area contributed by atoms with Crippen LogP contribution in [0.3, 0.4) is 0 Å². The number of rotatable bonds is 4. The number of carbonyl (C=O) groups excluding carboxylic acids is 1. The van der Waals surface area contributed by atoms with Crippen LogP contribution in [-0.4, -0.2) is 46.1 Å². The Kier molecular flexibility index (Phi) is 4.44. The van der Waals surface area contributed by atoms with Crippen molar-refractivity contribution in [2.45, 2.75) is 32.2 Å². The minimum Gasteiger partial charge on any atom is -0.334 e. The monoisotopic (exact) mass is 254 g/mol. The molecule has 0 aromatic carbocycles. The second-order valence-electron chi connectivity index (χ2n) is 4.27. The number of carbonyl (C=O) groups is 1. The summed E-state index contributed by atoms with van der Waals surface area (Å²) in [5.74, 6) is 0.0347. The molecule has 1 aliphatic heterocycles. The molecule has 1 aromatic heterocycles. The van der Waals surface area contributed by atoms with Gasteiger partial charge in [0.15, 0.2) is 5.69 Å². The molecule has 5 nitrogen and oxygen atoms in total. The zero-order valence-electron chi connectivity index (χ0n) is 10.1. The maximum atomic E-state index is 12.3. The van der Waals surface area contributed by atoms with E-state index in [0.29, 0.717) is 11.7 Å². The maximum Gasteiger partial charge on any atom is 0.275 e. The standard InChI is InChI=1S/C11H18N4OS/c1-2-7-15(9-3-5-12-6-4-9)11(16)10-8-17-14-13-10/h8-9,12H,2-7H2,1H3. The minimum absolute atomic E-state index is 0.0347. The highest BCUT2D eigenvalue weighted by atomic mass is 32.1. The SMILES string of the molecule is CCCN(C(=O)c1csnn1)C1CCNCC1. The molecule has 0 aliphatic carbocycles. The summed E-state index contributed by atoms with van der Waals surface area (Å²) in [4.78, 5) is 14.3. The van der Waals surface area contributed by atoms with Gasteiger partial charge in [-0.25, -0.2) is 0 Å². The first-order valence-corrected chi connectivity index (χ1v) is 6.95. The molecule has 17 heavy (non-hydrogen) atoms. The van der Waals surface area contributed by atoms with Crippen LogP contribution in [0.1, 0.15) is 36.7 Å². The first kappa shape index (κ1) is 12.4. The summed E-state index contributed by atoms with van der Waals surface area (Å²) >= 11 is 1.23. The van der Waals surface area contributed by atoms with Crippen molar-refractivity contribution < 1.29 is 4.79 Å². The molecular formula is C11H18N4OS. The van der Waals surface area contributed by atoms with E-state index in [1.54, 1.807) is 5.38 Å². The minimum atomic E-state index is 0.0347. The molecule has 1 aliphatic rings. The second kappa shape index (κ2) is 6.07. The molecule has 2 heterocycles. The molecule has 0 radical (unpaired) electrons. The van der Waals surface area contributed by atoms with Crippen LogP contribution in [0.15, 0.2) is 5.38 Å². The van der Waals surface area contributed by atoms with E-state index in [0.717, 1.165) is 38.9 Å². The van der Waals surface area contributed by atoms with Crippen LogP contribution in [0.25, 0.3) is 0 Å². The molecule has 1 N–H and O–H groups in total. The summed E-state index contributed by atoms with van der Waals surface area (Å²) < 4.78 is 3.76. The Morgan fingerprint density at radius 3 is 2.94 bits per heavy atom. The largest absolute Gasteiger partial charge is 0.334 e. The number of amides is 1. The van der Waals surface area contributed by atoms with E-state index in [1.807, 2.05) is 4.90 Å². The molecule has 0 unspecified atom stereocenters. The Morgan fingerprint density at radius 1 is 1.59 bits per heavy atom. The molecule has 6 heteroatoms. The topological polar surface area (TPSA) is 58.1 Å².